The van der Waals surface area contributed by atoms with Crippen LogP contribution in [-0.4, -0.2) is 10.8 Å². The van der Waals surface area contributed by atoms with Crippen LogP contribution >= 0.6 is 0 Å². The highest BCUT2D eigenvalue weighted by molar-refractivity contribution is 5.99. The van der Waals surface area contributed by atoms with Crippen LogP contribution in [0, 0.1) is 10.1 Å². The second-order valence-corrected chi connectivity index (χ2v) is 3.64. The number of hydrogen-bond donors (Lipinski definition) is 1. The van der Waals surface area contributed by atoms with Gasteiger partial charge >= 0.3 is 0 Å². The molecule has 0 saturated carbocycles. The Hall–Kier alpha value is -2.69. The van der Waals surface area contributed by atoms with Gasteiger partial charge in [-0.1, -0.05) is 18.2 Å². The number of para-hydroxylation sites is 1. The molecule has 90 valence electrons. The maximum absolute atomic E-state index is 10.5. The van der Waals surface area contributed by atoms with Crippen molar-refractivity contribution >= 4 is 17.2 Å². The number of non-ortho nitro benzene ring substituents is 1. The zero-order valence-corrected chi connectivity index (χ0v) is 9.48. The van der Waals surface area contributed by atoms with Crippen molar-refractivity contribution in [3.05, 3.63) is 70.3 Å². The molecule has 2 aromatic carbocycles. The summed E-state index contributed by atoms with van der Waals surface area (Å²) in [5.74, 6) is 0.330. The van der Waals surface area contributed by atoms with Crippen LogP contribution in [0.15, 0.2) is 59.6 Å². The van der Waals surface area contributed by atoms with Gasteiger partial charge in [0.15, 0.2) is 0 Å². The Morgan fingerprint density at radius 3 is 2.22 bits per heavy atom. The van der Waals surface area contributed by atoms with E-state index in [0.29, 0.717) is 11.4 Å². The van der Waals surface area contributed by atoms with Gasteiger partial charge in [0.05, 0.1) is 10.6 Å². The molecule has 0 aromatic heterocycles. The first kappa shape index (κ1) is 11.8. The number of nitro groups is 1. The highest BCUT2D eigenvalue weighted by Gasteiger charge is 2.05. The number of nitrogens with two attached hydrogens (primary N) is 1. The van der Waals surface area contributed by atoms with Gasteiger partial charge in [0.1, 0.15) is 5.84 Å². The minimum absolute atomic E-state index is 0.0336. The zero-order valence-electron chi connectivity index (χ0n) is 9.48. The van der Waals surface area contributed by atoms with Gasteiger partial charge in [0.2, 0.25) is 0 Å². The Labute approximate surface area is 104 Å². The number of rotatable bonds is 3. The molecule has 0 atom stereocenters. The van der Waals surface area contributed by atoms with Crippen molar-refractivity contribution in [2.75, 3.05) is 0 Å². The number of amidine groups is 1. The summed E-state index contributed by atoms with van der Waals surface area (Å²) < 4.78 is 0. The zero-order chi connectivity index (χ0) is 13.0. The van der Waals surface area contributed by atoms with Gasteiger partial charge in [-0.05, 0) is 24.3 Å². The average molecular weight is 241 g/mol. The van der Waals surface area contributed by atoms with Crippen LogP contribution in [-0.2, 0) is 0 Å². The van der Waals surface area contributed by atoms with E-state index in [2.05, 4.69) is 4.99 Å². The molecule has 0 fully saturated rings. The van der Waals surface area contributed by atoms with E-state index in [1.54, 1.807) is 12.1 Å². The van der Waals surface area contributed by atoms with Crippen LogP contribution < -0.4 is 5.73 Å². The quantitative estimate of drug-likeness (QED) is 0.388. The molecule has 2 aromatic rings. The first-order valence-electron chi connectivity index (χ1n) is 5.31. The molecule has 0 heterocycles. The third-order valence-corrected chi connectivity index (χ3v) is 2.38. The van der Waals surface area contributed by atoms with Gasteiger partial charge in [-0.25, -0.2) is 4.99 Å². The number of hydrogen-bond acceptors (Lipinski definition) is 3. The monoisotopic (exact) mass is 241 g/mol. The van der Waals surface area contributed by atoms with Gasteiger partial charge in [-0.2, -0.15) is 0 Å². The van der Waals surface area contributed by atoms with Gasteiger partial charge < -0.3 is 5.73 Å². The summed E-state index contributed by atoms with van der Waals surface area (Å²) in [5, 5.41) is 10.5. The molecule has 0 unspecified atom stereocenters. The van der Waals surface area contributed by atoms with E-state index >= 15 is 0 Å². The van der Waals surface area contributed by atoms with Gasteiger partial charge in [0.25, 0.3) is 5.69 Å². The summed E-state index contributed by atoms with van der Waals surface area (Å²) in [4.78, 5) is 14.3. The number of aliphatic imine (C=N–C) groups is 1. The van der Waals surface area contributed by atoms with E-state index < -0.39 is 4.92 Å². The van der Waals surface area contributed by atoms with Crippen LogP contribution in [0.1, 0.15) is 5.56 Å². The first-order chi connectivity index (χ1) is 8.66. The summed E-state index contributed by atoms with van der Waals surface area (Å²) in [7, 11) is 0. The Morgan fingerprint density at radius 1 is 1.06 bits per heavy atom. The highest BCUT2D eigenvalue weighted by atomic mass is 16.6. The lowest BCUT2D eigenvalue weighted by Crippen LogP contribution is -2.12. The molecule has 5 heteroatoms. The van der Waals surface area contributed by atoms with Crippen LogP contribution in [0.2, 0.25) is 0 Å². The van der Waals surface area contributed by atoms with E-state index in [1.165, 1.54) is 12.1 Å². The molecule has 2 rings (SSSR count). The van der Waals surface area contributed by atoms with E-state index in [-0.39, 0.29) is 5.69 Å². The van der Waals surface area contributed by atoms with Crippen LogP contribution in [0.4, 0.5) is 11.4 Å². The third-order valence-electron chi connectivity index (χ3n) is 2.38. The lowest BCUT2D eigenvalue weighted by Gasteiger charge is -2.00. The maximum atomic E-state index is 10.5. The van der Waals surface area contributed by atoms with Crippen molar-refractivity contribution in [3.63, 3.8) is 0 Å². The van der Waals surface area contributed by atoms with E-state index in [1.807, 2.05) is 30.3 Å². The third kappa shape index (κ3) is 2.70. The summed E-state index contributed by atoms with van der Waals surface area (Å²) in [6, 6.07) is 15.3. The molecule has 2 N–H and O–H groups in total. The smallest absolute Gasteiger partial charge is 0.269 e. The minimum Gasteiger partial charge on any atom is -0.383 e. The van der Waals surface area contributed by atoms with Crippen LogP contribution in [0.5, 0.6) is 0 Å². The van der Waals surface area contributed by atoms with Gasteiger partial charge in [0, 0.05) is 17.7 Å². The molecular formula is C13H11N3O2. The van der Waals surface area contributed by atoms with Crippen molar-refractivity contribution in [1.29, 1.82) is 0 Å². The summed E-state index contributed by atoms with van der Waals surface area (Å²) in [6.45, 7) is 0. The Balaban J connectivity index is 2.26. The molecule has 18 heavy (non-hydrogen) atoms. The summed E-state index contributed by atoms with van der Waals surface area (Å²) in [6.07, 6.45) is 0. The molecule has 0 spiro atoms. The molecule has 0 aliphatic rings. The second kappa shape index (κ2) is 5.09. The highest BCUT2D eigenvalue weighted by Crippen LogP contribution is 2.14. The molecule has 5 nitrogen and oxygen atoms in total. The Bertz CT molecular complexity index is 577. The molecule has 0 amide bonds. The predicted octanol–water partition coefficient (Wildman–Crippen LogP) is 2.63. The van der Waals surface area contributed by atoms with E-state index in [4.69, 9.17) is 5.73 Å². The van der Waals surface area contributed by atoms with Crippen molar-refractivity contribution in [1.82, 2.24) is 0 Å². The predicted molar refractivity (Wildman–Crippen MR) is 69.9 cm³/mol. The molecule has 0 saturated heterocycles. The molecule has 0 bridgehead atoms. The molecule has 0 aliphatic heterocycles. The fourth-order valence-electron chi connectivity index (χ4n) is 1.46. The average Bonchev–Trinajstić information content (AvgIpc) is 2.40. The fraction of sp³-hybridized carbons (Fsp3) is 0. The maximum Gasteiger partial charge on any atom is 0.269 e. The van der Waals surface area contributed by atoms with Crippen molar-refractivity contribution in [3.8, 4) is 0 Å². The van der Waals surface area contributed by atoms with Crippen molar-refractivity contribution in [2.24, 2.45) is 10.7 Å². The van der Waals surface area contributed by atoms with Crippen LogP contribution in [0.25, 0.3) is 0 Å². The van der Waals surface area contributed by atoms with Gasteiger partial charge in [-0.15, -0.1) is 0 Å². The van der Waals surface area contributed by atoms with Gasteiger partial charge in [-0.3, -0.25) is 10.1 Å². The normalized spacial score (nSPS) is 11.2. The van der Waals surface area contributed by atoms with Crippen LogP contribution in [0.3, 0.4) is 0 Å². The Morgan fingerprint density at radius 2 is 1.67 bits per heavy atom. The van der Waals surface area contributed by atoms with Crippen molar-refractivity contribution < 1.29 is 4.92 Å². The Kier molecular flexibility index (Phi) is 3.33. The lowest BCUT2D eigenvalue weighted by atomic mass is 10.2. The van der Waals surface area contributed by atoms with E-state index in [9.17, 15) is 10.1 Å². The topological polar surface area (TPSA) is 81.5 Å². The molecular weight excluding hydrogens is 230 g/mol. The largest absolute Gasteiger partial charge is 0.383 e. The summed E-state index contributed by atoms with van der Waals surface area (Å²) >= 11 is 0. The fourth-order valence-corrected chi connectivity index (χ4v) is 1.46. The standard InChI is InChI=1S/C13H11N3O2/c14-13(15-11-4-2-1-3-5-11)10-6-8-12(9-7-10)16(17)18/h1-9H,(H2,14,15). The van der Waals surface area contributed by atoms with Crippen molar-refractivity contribution in [2.45, 2.75) is 0 Å². The molecule has 0 radical (unpaired) electrons. The SMILES string of the molecule is NC(=Nc1ccccc1)c1ccc([N+](=O)[O-])cc1. The first-order valence-corrected chi connectivity index (χ1v) is 5.31. The van der Waals surface area contributed by atoms with E-state index in [0.717, 1.165) is 5.69 Å². The number of nitro benzene ring substituents is 1. The summed E-state index contributed by atoms with van der Waals surface area (Å²) in [5.41, 5.74) is 7.27. The second-order valence-electron chi connectivity index (χ2n) is 3.64. The number of benzene rings is 2. The number of nitrogens with zero attached hydrogens (tertiary/aromatic N) is 2. The molecule has 0 aliphatic carbocycles. The minimum atomic E-state index is -0.450. The lowest BCUT2D eigenvalue weighted by molar-refractivity contribution is -0.384.